The van der Waals surface area contributed by atoms with Crippen LogP contribution in [-0.2, 0) is 0 Å². The minimum atomic E-state index is -7.40. The highest BCUT2D eigenvalue weighted by Crippen LogP contribution is 2.60. The second-order valence-corrected chi connectivity index (χ2v) is 6.71. The van der Waals surface area contributed by atoms with Gasteiger partial charge in [-0.3, -0.25) is 4.48 Å². The molecule has 0 aliphatic heterocycles. The molecule has 0 fully saturated rings. The van der Waals surface area contributed by atoms with Crippen molar-refractivity contribution < 1.29 is 52.8 Å². The van der Waals surface area contributed by atoms with Crippen molar-refractivity contribution in [1.82, 2.24) is 0 Å². The maximum Gasteiger partial charge on any atom is 0.458 e. The molecule has 0 saturated carbocycles. The van der Waals surface area contributed by atoms with Crippen LogP contribution in [0.25, 0.3) is 0 Å². The fourth-order valence-corrected chi connectivity index (χ4v) is 2.14. The van der Waals surface area contributed by atoms with Crippen LogP contribution in [0.1, 0.15) is 26.7 Å². The summed E-state index contributed by atoms with van der Waals surface area (Å²) in [5.74, 6) is -7.16. The highest BCUT2D eigenvalue weighted by atomic mass is 19.4. The van der Waals surface area contributed by atoms with Gasteiger partial charge in [0.1, 0.15) is 0 Å². The molecule has 0 aromatic heterocycles. The van der Waals surface area contributed by atoms with E-state index in [0.29, 0.717) is 14.1 Å². The molecule has 0 N–H and O–H groups in total. The number of nitrogens with zero attached hydrogens (tertiary/aromatic N) is 1. The van der Waals surface area contributed by atoms with Crippen LogP contribution in [0.5, 0.6) is 0 Å². The SMILES string of the molecule is CC(C)CCC[N+](C)(C)C(F)(F)C(F)(F)C(F)(C(F)(F)F)C(F)(F)F. The number of hydrogen-bond donors (Lipinski definition) is 0. The summed E-state index contributed by atoms with van der Waals surface area (Å²) in [6.07, 6.45) is -14.6. The first-order valence-corrected chi connectivity index (χ1v) is 7.08. The van der Waals surface area contributed by atoms with E-state index in [1.807, 2.05) is 0 Å². The van der Waals surface area contributed by atoms with Crippen molar-refractivity contribution in [2.45, 2.75) is 56.7 Å². The number of quaternary nitrogens is 1. The topological polar surface area (TPSA) is 0 Å². The van der Waals surface area contributed by atoms with Gasteiger partial charge in [0.05, 0.1) is 20.6 Å². The van der Waals surface area contributed by atoms with E-state index < -0.39 is 41.0 Å². The van der Waals surface area contributed by atoms with Gasteiger partial charge in [-0.05, 0) is 18.8 Å². The molecular weight excluding hydrogens is 379 g/mol. The van der Waals surface area contributed by atoms with E-state index in [0.717, 1.165) is 0 Å². The first kappa shape index (κ1) is 24.2. The van der Waals surface area contributed by atoms with E-state index in [4.69, 9.17) is 0 Å². The van der Waals surface area contributed by atoms with Gasteiger partial charge in [0.25, 0.3) is 0 Å². The molecule has 0 aliphatic carbocycles. The third-order valence-corrected chi connectivity index (χ3v) is 3.85. The molecule has 0 unspecified atom stereocenters. The van der Waals surface area contributed by atoms with Gasteiger partial charge in [-0.25, -0.2) is 4.39 Å². The summed E-state index contributed by atoms with van der Waals surface area (Å²) < 4.78 is 142. The molecule has 0 aromatic carbocycles. The molecule has 25 heavy (non-hydrogen) atoms. The van der Waals surface area contributed by atoms with Crippen LogP contribution in [0.3, 0.4) is 0 Å². The van der Waals surface area contributed by atoms with Gasteiger partial charge in [-0.15, -0.1) is 8.78 Å². The highest BCUT2D eigenvalue weighted by molar-refractivity contribution is 5.08. The number of hydrogen-bond acceptors (Lipinski definition) is 0. The van der Waals surface area contributed by atoms with Gasteiger partial charge in [-0.1, -0.05) is 13.8 Å². The standard InChI is InChI=1S/C13H19F11N/c1-8(2)6-5-7-25(3,4)13(23,24)10(15,16)9(14,11(17,18)19)12(20,21)22/h8H,5-7H2,1-4H3/q+1. The maximum absolute atomic E-state index is 14.0. The quantitative estimate of drug-likeness (QED) is 0.299. The zero-order chi connectivity index (χ0) is 20.7. The molecule has 0 rings (SSSR count). The van der Waals surface area contributed by atoms with Crippen molar-refractivity contribution in [2.24, 2.45) is 5.92 Å². The Morgan fingerprint density at radius 3 is 1.36 bits per heavy atom. The molecule has 0 spiro atoms. The van der Waals surface area contributed by atoms with Crippen LogP contribution < -0.4 is 0 Å². The van der Waals surface area contributed by atoms with E-state index in [2.05, 4.69) is 0 Å². The fourth-order valence-electron chi connectivity index (χ4n) is 2.14. The summed E-state index contributed by atoms with van der Waals surface area (Å²) >= 11 is 0. The van der Waals surface area contributed by atoms with Crippen LogP contribution in [-0.4, -0.2) is 55.1 Å². The zero-order valence-corrected chi connectivity index (χ0v) is 13.8. The minimum absolute atomic E-state index is 0.0697. The number of rotatable bonds is 7. The van der Waals surface area contributed by atoms with E-state index in [1.165, 1.54) is 0 Å². The van der Waals surface area contributed by atoms with Gasteiger partial charge in [0, 0.05) is 0 Å². The van der Waals surface area contributed by atoms with Crippen molar-refractivity contribution >= 4 is 0 Å². The van der Waals surface area contributed by atoms with Gasteiger partial charge >= 0.3 is 30.0 Å². The van der Waals surface area contributed by atoms with Crippen molar-refractivity contribution in [3.63, 3.8) is 0 Å². The summed E-state index contributed by atoms with van der Waals surface area (Å²) in [4.78, 5) is 0. The highest BCUT2D eigenvalue weighted by Gasteiger charge is 2.93. The van der Waals surface area contributed by atoms with Crippen molar-refractivity contribution in [3.8, 4) is 0 Å². The summed E-state index contributed by atoms with van der Waals surface area (Å²) in [6.45, 7) is 2.41. The Bertz CT molecular complexity index is 434. The van der Waals surface area contributed by atoms with Crippen LogP contribution in [0.15, 0.2) is 0 Å². The molecular formula is C13H19F11N+. The molecule has 0 bridgehead atoms. The lowest BCUT2D eigenvalue weighted by atomic mass is 9.92. The second-order valence-electron chi connectivity index (χ2n) is 6.71. The van der Waals surface area contributed by atoms with Crippen molar-refractivity contribution in [2.75, 3.05) is 20.6 Å². The summed E-state index contributed by atoms with van der Waals surface area (Å²) in [7, 11) is 0.642. The molecule has 1 nitrogen and oxygen atoms in total. The minimum Gasteiger partial charge on any atom is -0.262 e. The maximum atomic E-state index is 14.0. The number of alkyl halides is 11. The van der Waals surface area contributed by atoms with Gasteiger partial charge < -0.3 is 0 Å². The molecule has 0 heterocycles. The third kappa shape index (κ3) is 3.97. The second kappa shape index (κ2) is 6.73. The Balaban J connectivity index is 6.07. The Labute approximate surface area is 137 Å². The Morgan fingerprint density at radius 1 is 0.720 bits per heavy atom. The number of halogens is 11. The zero-order valence-electron chi connectivity index (χ0n) is 13.8. The molecule has 152 valence electrons. The smallest absolute Gasteiger partial charge is 0.262 e. The van der Waals surface area contributed by atoms with Crippen molar-refractivity contribution in [1.29, 1.82) is 0 Å². The lowest BCUT2D eigenvalue weighted by Crippen LogP contribution is -2.76. The summed E-state index contributed by atoms with van der Waals surface area (Å²) in [5.41, 5.74) is -7.40. The average molecular weight is 398 g/mol. The molecule has 0 aliphatic rings. The molecule has 0 atom stereocenters. The first-order chi connectivity index (χ1) is 10.7. The van der Waals surface area contributed by atoms with Crippen LogP contribution >= 0.6 is 0 Å². The third-order valence-electron chi connectivity index (χ3n) is 3.85. The van der Waals surface area contributed by atoms with Crippen LogP contribution in [0.4, 0.5) is 48.3 Å². The van der Waals surface area contributed by atoms with E-state index in [-0.39, 0.29) is 18.8 Å². The fraction of sp³-hybridized carbons (Fsp3) is 1.00. The molecule has 12 heteroatoms. The van der Waals surface area contributed by atoms with Gasteiger partial charge in [0.15, 0.2) is 0 Å². The molecule has 0 saturated heterocycles. The van der Waals surface area contributed by atoms with Gasteiger partial charge in [0.2, 0.25) is 0 Å². The van der Waals surface area contributed by atoms with Crippen molar-refractivity contribution in [3.05, 3.63) is 0 Å². The lowest BCUT2D eigenvalue weighted by molar-refractivity contribution is -0.991. The largest absolute Gasteiger partial charge is 0.458 e. The van der Waals surface area contributed by atoms with Gasteiger partial charge in [-0.2, -0.15) is 35.1 Å². The lowest BCUT2D eigenvalue weighted by Gasteiger charge is -2.45. The average Bonchev–Trinajstić information content (AvgIpc) is 2.33. The monoisotopic (exact) mass is 398 g/mol. The van der Waals surface area contributed by atoms with E-state index >= 15 is 0 Å². The Morgan fingerprint density at radius 2 is 1.08 bits per heavy atom. The van der Waals surface area contributed by atoms with E-state index in [9.17, 15) is 48.3 Å². The Hall–Kier alpha value is -0.810. The normalized spacial score (nSPS) is 15.8. The Kier molecular flexibility index (Phi) is 6.51. The first-order valence-electron chi connectivity index (χ1n) is 7.08. The summed E-state index contributed by atoms with van der Waals surface area (Å²) in [5, 5.41) is 0. The molecule has 0 radical (unpaired) electrons. The van der Waals surface area contributed by atoms with Crippen LogP contribution in [0.2, 0.25) is 0 Å². The summed E-state index contributed by atoms with van der Waals surface area (Å²) in [6, 6.07) is -5.98. The predicted molar refractivity (Wildman–Crippen MR) is 66.9 cm³/mol. The van der Waals surface area contributed by atoms with Crippen LogP contribution in [0, 0.1) is 5.92 Å². The van der Waals surface area contributed by atoms with E-state index in [1.54, 1.807) is 13.8 Å². The molecule has 0 amide bonds. The molecule has 0 aromatic rings. The predicted octanol–water partition coefficient (Wildman–Crippen LogP) is 5.56.